The van der Waals surface area contributed by atoms with E-state index in [-0.39, 0.29) is 11.9 Å². The minimum absolute atomic E-state index is 0.0747. The normalized spacial score (nSPS) is 25.0. The maximum absolute atomic E-state index is 12.4. The molecule has 1 saturated heterocycles. The van der Waals surface area contributed by atoms with E-state index in [1.165, 1.54) is 6.33 Å². The molecule has 5 nitrogen and oxygen atoms in total. The van der Waals surface area contributed by atoms with Crippen molar-refractivity contribution in [1.29, 1.82) is 0 Å². The molecule has 98 valence electrons. The van der Waals surface area contributed by atoms with Crippen LogP contribution in [0.4, 0.5) is 0 Å². The van der Waals surface area contributed by atoms with Gasteiger partial charge in [-0.1, -0.05) is 6.92 Å². The van der Waals surface area contributed by atoms with Gasteiger partial charge in [0.25, 0.3) is 0 Å². The first-order chi connectivity index (χ1) is 8.72. The molecule has 2 heterocycles. The highest BCUT2D eigenvalue weighted by Gasteiger charge is 2.30. The fourth-order valence-electron chi connectivity index (χ4n) is 2.49. The van der Waals surface area contributed by atoms with Crippen molar-refractivity contribution < 1.29 is 4.79 Å². The van der Waals surface area contributed by atoms with Gasteiger partial charge in [0.1, 0.15) is 6.33 Å². The molecular formula is C13H20N4O. The van der Waals surface area contributed by atoms with Crippen LogP contribution in [0.1, 0.15) is 25.5 Å². The number of nitrogens with zero attached hydrogens (tertiary/aromatic N) is 3. The molecule has 1 aliphatic heterocycles. The number of aromatic nitrogens is 2. The summed E-state index contributed by atoms with van der Waals surface area (Å²) in [5.74, 6) is 0.569. The molecule has 5 heteroatoms. The van der Waals surface area contributed by atoms with Gasteiger partial charge in [-0.05, 0) is 31.9 Å². The first-order valence-electron chi connectivity index (χ1n) is 6.43. The number of rotatable bonds is 3. The second kappa shape index (κ2) is 5.91. The third kappa shape index (κ3) is 2.85. The molecule has 1 aromatic rings. The Balaban J connectivity index is 2.10. The molecular weight excluding hydrogens is 228 g/mol. The second-order valence-corrected chi connectivity index (χ2v) is 4.85. The van der Waals surface area contributed by atoms with E-state index < -0.39 is 0 Å². The molecule has 0 aromatic carbocycles. The second-order valence-electron chi connectivity index (χ2n) is 4.85. The lowest BCUT2D eigenvalue weighted by atomic mass is 9.98. The van der Waals surface area contributed by atoms with E-state index in [9.17, 15) is 4.79 Å². The zero-order valence-electron chi connectivity index (χ0n) is 11.0. The van der Waals surface area contributed by atoms with Crippen molar-refractivity contribution in [3.05, 3.63) is 24.3 Å². The quantitative estimate of drug-likeness (QED) is 0.860. The highest BCUT2D eigenvalue weighted by molar-refractivity contribution is 5.82. The van der Waals surface area contributed by atoms with Gasteiger partial charge in [0.05, 0.1) is 18.3 Å². The number of amides is 1. The van der Waals surface area contributed by atoms with Gasteiger partial charge in [0.2, 0.25) is 5.91 Å². The first-order valence-corrected chi connectivity index (χ1v) is 6.43. The van der Waals surface area contributed by atoms with Gasteiger partial charge >= 0.3 is 0 Å². The average Bonchev–Trinajstić information content (AvgIpc) is 2.51. The highest BCUT2D eigenvalue weighted by atomic mass is 16.2. The van der Waals surface area contributed by atoms with Crippen LogP contribution in [0.2, 0.25) is 0 Å². The van der Waals surface area contributed by atoms with Crippen LogP contribution >= 0.6 is 0 Å². The fraction of sp³-hybridized carbons (Fsp3) is 0.615. The highest BCUT2D eigenvalue weighted by Crippen LogP contribution is 2.19. The van der Waals surface area contributed by atoms with Crippen molar-refractivity contribution in [1.82, 2.24) is 20.2 Å². The number of nitrogens with one attached hydrogen (secondary N) is 1. The summed E-state index contributed by atoms with van der Waals surface area (Å²) in [6.07, 6.45) is 5.37. The summed E-state index contributed by atoms with van der Waals surface area (Å²) in [5, 5.41) is 3.14. The topological polar surface area (TPSA) is 58.1 Å². The van der Waals surface area contributed by atoms with E-state index in [4.69, 9.17) is 0 Å². The summed E-state index contributed by atoms with van der Waals surface area (Å²) < 4.78 is 0. The van der Waals surface area contributed by atoms with Gasteiger partial charge in [-0.15, -0.1) is 0 Å². The molecule has 0 aliphatic carbocycles. The maximum atomic E-state index is 12.4. The van der Waals surface area contributed by atoms with E-state index >= 15 is 0 Å². The van der Waals surface area contributed by atoms with Crippen molar-refractivity contribution in [3.63, 3.8) is 0 Å². The summed E-state index contributed by atoms with van der Waals surface area (Å²) in [6.45, 7) is 3.52. The largest absolute Gasteiger partial charge is 0.335 e. The summed E-state index contributed by atoms with van der Waals surface area (Å²) in [6, 6.07) is 1.78. The molecule has 2 rings (SSSR count). The van der Waals surface area contributed by atoms with Crippen LogP contribution in [0.15, 0.2) is 18.6 Å². The van der Waals surface area contributed by atoms with Crippen LogP contribution in [-0.2, 0) is 11.3 Å². The minimum atomic E-state index is -0.0747. The number of carbonyl (C=O) groups excluding carboxylic acids is 1. The summed E-state index contributed by atoms with van der Waals surface area (Å²) in [5.41, 5.74) is 0.891. The van der Waals surface area contributed by atoms with Gasteiger partial charge in [-0.3, -0.25) is 4.79 Å². The predicted octanol–water partition coefficient (Wildman–Crippen LogP) is 0.823. The van der Waals surface area contributed by atoms with Gasteiger partial charge in [0, 0.05) is 12.7 Å². The molecule has 0 saturated carbocycles. The van der Waals surface area contributed by atoms with Crippen LogP contribution in [0, 0.1) is 5.92 Å². The smallest absolute Gasteiger partial charge is 0.240 e. The Morgan fingerprint density at radius 3 is 3.06 bits per heavy atom. The Bertz CT molecular complexity index is 395. The zero-order chi connectivity index (χ0) is 13.0. The molecule has 18 heavy (non-hydrogen) atoms. The number of likely N-dealkylation sites (tertiary alicyclic amines) is 1. The molecule has 0 spiro atoms. The summed E-state index contributed by atoms with van der Waals surface area (Å²) in [4.78, 5) is 22.4. The molecule has 2 atom stereocenters. The molecule has 0 radical (unpaired) electrons. The van der Waals surface area contributed by atoms with E-state index in [0.29, 0.717) is 12.5 Å². The number of hydrogen-bond acceptors (Lipinski definition) is 4. The van der Waals surface area contributed by atoms with Crippen LogP contribution in [0.25, 0.3) is 0 Å². The third-order valence-corrected chi connectivity index (χ3v) is 3.54. The maximum Gasteiger partial charge on any atom is 0.240 e. The van der Waals surface area contributed by atoms with Crippen molar-refractivity contribution >= 4 is 5.91 Å². The van der Waals surface area contributed by atoms with Crippen molar-refractivity contribution in [2.45, 2.75) is 32.4 Å². The van der Waals surface area contributed by atoms with Gasteiger partial charge in [-0.2, -0.15) is 0 Å². The predicted molar refractivity (Wildman–Crippen MR) is 68.7 cm³/mol. The Kier molecular flexibility index (Phi) is 4.25. The summed E-state index contributed by atoms with van der Waals surface area (Å²) >= 11 is 0. The Morgan fingerprint density at radius 1 is 1.56 bits per heavy atom. The molecule has 1 fully saturated rings. The Morgan fingerprint density at radius 2 is 2.39 bits per heavy atom. The number of hydrogen-bond donors (Lipinski definition) is 1. The van der Waals surface area contributed by atoms with E-state index in [2.05, 4.69) is 22.2 Å². The van der Waals surface area contributed by atoms with Crippen LogP contribution in [0.5, 0.6) is 0 Å². The lowest BCUT2D eigenvalue weighted by molar-refractivity contribution is -0.134. The number of likely N-dealkylation sites (N-methyl/N-ethyl adjacent to an activating group) is 1. The van der Waals surface area contributed by atoms with Gasteiger partial charge in [-0.25, -0.2) is 9.97 Å². The summed E-state index contributed by atoms with van der Waals surface area (Å²) in [7, 11) is 1.85. The van der Waals surface area contributed by atoms with E-state index in [0.717, 1.165) is 25.1 Å². The average molecular weight is 248 g/mol. The monoisotopic (exact) mass is 248 g/mol. The fourth-order valence-corrected chi connectivity index (χ4v) is 2.49. The third-order valence-electron chi connectivity index (χ3n) is 3.54. The van der Waals surface area contributed by atoms with Gasteiger partial charge < -0.3 is 10.2 Å². The lowest BCUT2D eigenvalue weighted by Gasteiger charge is -2.25. The molecule has 1 aromatic heterocycles. The Labute approximate surface area is 108 Å². The first kappa shape index (κ1) is 13.0. The van der Waals surface area contributed by atoms with Gasteiger partial charge in [0.15, 0.2) is 0 Å². The Hall–Kier alpha value is -1.49. The van der Waals surface area contributed by atoms with Crippen molar-refractivity contribution in [2.75, 3.05) is 13.6 Å². The lowest BCUT2D eigenvalue weighted by Crippen LogP contribution is -2.46. The zero-order valence-corrected chi connectivity index (χ0v) is 11.0. The van der Waals surface area contributed by atoms with E-state index in [1.54, 1.807) is 6.20 Å². The van der Waals surface area contributed by atoms with Crippen LogP contribution < -0.4 is 5.32 Å². The standard InChI is InChI=1S/C13H20N4O/c1-10-4-3-7-17(13(18)12(10)14-2)8-11-5-6-15-9-16-11/h5-6,9-10,12,14H,3-4,7-8H2,1-2H3. The molecule has 1 amide bonds. The molecule has 2 unspecified atom stereocenters. The molecule has 0 bridgehead atoms. The number of carbonyl (C=O) groups is 1. The van der Waals surface area contributed by atoms with Crippen LogP contribution in [0.3, 0.4) is 0 Å². The SMILES string of the molecule is CNC1C(=O)N(Cc2ccncn2)CCCC1C. The molecule has 1 N–H and O–H groups in total. The van der Waals surface area contributed by atoms with Crippen molar-refractivity contribution in [3.8, 4) is 0 Å². The minimum Gasteiger partial charge on any atom is -0.335 e. The van der Waals surface area contributed by atoms with E-state index in [1.807, 2.05) is 18.0 Å². The van der Waals surface area contributed by atoms with Crippen LogP contribution in [-0.4, -0.2) is 40.4 Å². The molecule has 1 aliphatic rings. The van der Waals surface area contributed by atoms with Crippen molar-refractivity contribution in [2.24, 2.45) is 5.92 Å².